The normalized spacial score (nSPS) is 11.3. The summed E-state index contributed by atoms with van der Waals surface area (Å²) in [6.07, 6.45) is 0. The SMILES string of the molecule is c1ccc(-c2cccc(-c3cccc(-c4ccc(-c5ccc(-c6nc(-c7ccc8ccccc8c7)c7c(ccc8ccccc87)n6)cc5)cc4)c3)c2)cc1. The Kier molecular flexibility index (Phi) is 7.85. The minimum Gasteiger partial charge on any atom is -0.228 e. The van der Waals surface area contributed by atoms with Crippen LogP contribution in [0.5, 0.6) is 0 Å². The molecule has 0 radical (unpaired) electrons. The summed E-state index contributed by atoms with van der Waals surface area (Å²) in [6.45, 7) is 0. The van der Waals surface area contributed by atoms with Crippen LogP contribution in [0, 0.1) is 0 Å². The summed E-state index contributed by atoms with van der Waals surface area (Å²) in [5.74, 6) is 0.719. The number of hydrogen-bond donors (Lipinski definition) is 0. The van der Waals surface area contributed by atoms with Crippen molar-refractivity contribution in [2.24, 2.45) is 0 Å². The van der Waals surface area contributed by atoms with E-state index in [1.54, 1.807) is 0 Å². The molecule has 2 heteroatoms. The molecule has 0 unspecified atom stereocenters. The number of hydrogen-bond acceptors (Lipinski definition) is 2. The maximum absolute atomic E-state index is 5.28. The van der Waals surface area contributed by atoms with Gasteiger partial charge in [-0.15, -0.1) is 0 Å². The van der Waals surface area contributed by atoms with Crippen LogP contribution in [0.4, 0.5) is 0 Å². The molecule has 9 aromatic carbocycles. The lowest BCUT2D eigenvalue weighted by atomic mass is 9.95. The number of nitrogens with zero attached hydrogens (tertiary/aromatic N) is 2. The summed E-state index contributed by atoms with van der Waals surface area (Å²) in [5, 5.41) is 5.83. The van der Waals surface area contributed by atoms with Gasteiger partial charge >= 0.3 is 0 Å². The van der Waals surface area contributed by atoms with Crippen molar-refractivity contribution in [2.45, 2.75) is 0 Å². The highest BCUT2D eigenvalue weighted by atomic mass is 14.9. The van der Waals surface area contributed by atoms with E-state index in [9.17, 15) is 0 Å². The maximum Gasteiger partial charge on any atom is 0.160 e. The van der Waals surface area contributed by atoms with Gasteiger partial charge in [-0.3, -0.25) is 0 Å². The summed E-state index contributed by atoms with van der Waals surface area (Å²) in [5.41, 5.74) is 13.5. The van der Waals surface area contributed by atoms with Gasteiger partial charge in [-0.05, 0) is 90.3 Å². The second-order valence-corrected chi connectivity index (χ2v) is 13.8. The molecule has 0 amide bonds. The van der Waals surface area contributed by atoms with Crippen molar-refractivity contribution in [3.8, 4) is 67.2 Å². The van der Waals surface area contributed by atoms with E-state index < -0.39 is 0 Å². The molecule has 0 aliphatic heterocycles. The molecule has 10 aromatic rings. The molecule has 0 spiro atoms. The number of benzene rings is 9. The summed E-state index contributed by atoms with van der Waals surface area (Å²) >= 11 is 0. The topological polar surface area (TPSA) is 25.8 Å². The van der Waals surface area contributed by atoms with Crippen LogP contribution in [-0.4, -0.2) is 9.97 Å². The van der Waals surface area contributed by atoms with Crippen LogP contribution < -0.4 is 0 Å². The van der Waals surface area contributed by atoms with E-state index in [1.165, 1.54) is 55.1 Å². The average molecular weight is 687 g/mol. The molecule has 252 valence electrons. The third-order valence-corrected chi connectivity index (χ3v) is 10.5. The predicted molar refractivity (Wildman–Crippen MR) is 227 cm³/mol. The Hall–Kier alpha value is -7.16. The molecule has 1 aromatic heterocycles. The summed E-state index contributed by atoms with van der Waals surface area (Å²) in [7, 11) is 0. The van der Waals surface area contributed by atoms with Gasteiger partial charge in [0.2, 0.25) is 0 Å². The van der Waals surface area contributed by atoms with E-state index in [4.69, 9.17) is 9.97 Å². The monoisotopic (exact) mass is 686 g/mol. The summed E-state index contributed by atoms with van der Waals surface area (Å²) in [4.78, 5) is 10.4. The zero-order chi connectivity index (χ0) is 35.8. The molecule has 0 aliphatic rings. The van der Waals surface area contributed by atoms with E-state index >= 15 is 0 Å². The zero-order valence-electron chi connectivity index (χ0n) is 29.5. The molecular weight excluding hydrogens is 653 g/mol. The van der Waals surface area contributed by atoms with Crippen LogP contribution in [0.25, 0.3) is 99.6 Å². The fourth-order valence-electron chi connectivity index (χ4n) is 7.63. The van der Waals surface area contributed by atoms with Crippen molar-refractivity contribution in [3.05, 3.63) is 206 Å². The molecule has 1 heterocycles. The van der Waals surface area contributed by atoms with Gasteiger partial charge in [0.05, 0.1) is 11.2 Å². The smallest absolute Gasteiger partial charge is 0.160 e. The van der Waals surface area contributed by atoms with Crippen molar-refractivity contribution in [3.63, 3.8) is 0 Å². The van der Waals surface area contributed by atoms with E-state index in [-0.39, 0.29) is 0 Å². The molecule has 2 nitrogen and oxygen atoms in total. The summed E-state index contributed by atoms with van der Waals surface area (Å²) in [6, 6.07) is 73.5. The van der Waals surface area contributed by atoms with E-state index in [0.29, 0.717) is 0 Å². The zero-order valence-corrected chi connectivity index (χ0v) is 29.5. The molecule has 0 atom stereocenters. The summed E-state index contributed by atoms with van der Waals surface area (Å²) < 4.78 is 0. The van der Waals surface area contributed by atoms with Gasteiger partial charge in [0.1, 0.15) is 0 Å². The molecule has 0 bridgehead atoms. The van der Waals surface area contributed by atoms with Crippen LogP contribution in [0.1, 0.15) is 0 Å². The third-order valence-electron chi connectivity index (χ3n) is 10.5. The maximum atomic E-state index is 5.28. The molecule has 54 heavy (non-hydrogen) atoms. The standard InChI is InChI=1S/C52H34N2/c1-2-10-35(11-3-1)43-15-8-17-45(32-43)46-18-9-16-44(33-46)39-22-20-37(21-23-39)38-24-27-41(28-25-38)52-53-49-31-30-40-13-6-7-19-48(40)50(49)51(54-52)47-29-26-36-12-4-5-14-42(36)34-47/h1-34H. The first-order valence-corrected chi connectivity index (χ1v) is 18.4. The molecule has 0 N–H and O–H groups in total. The second kappa shape index (κ2) is 13.4. The van der Waals surface area contributed by atoms with Crippen molar-refractivity contribution in [1.29, 1.82) is 0 Å². The Morgan fingerprint density at radius 2 is 0.722 bits per heavy atom. The average Bonchev–Trinajstić information content (AvgIpc) is 3.26. The fraction of sp³-hybridized carbons (Fsp3) is 0. The Morgan fingerprint density at radius 1 is 0.259 bits per heavy atom. The molecule has 0 saturated heterocycles. The Morgan fingerprint density at radius 3 is 1.39 bits per heavy atom. The fourth-order valence-corrected chi connectivity index (χ4v) is 7.63. The van der Waals surface area contributed by atoms with Gasteiger partial charge in [-0.2, -0.15) is 0 Å². The Bertz CT molecular complexity index is 2960. The second-order valence-electron chi connectivity index (χ2n) is 13.8. The van der Waals surface area contributed by atoms with Crippen molar-refractivity contribution < 1.29 is 0 Å². The van der Waals surface area contributed by atoms with Gasteiger partial charge in [0.15, 0.2) is 5.82 Å². The van der Waals surface area contributed by atoms with Crippen molar-refractivity contribution >= 4 is 32.4 Å². The first-order valence-electron chi connectivity index (χ1n) is 18.4. The number of aromatic nitrogens is 2. The molecule has 0 aliphatic carbocycles. The largest absolute Gasteiger partial charge is 0.228 e. The minimum atomic E-state index is 0.719. The van der Waals surface area contributed by atoms with E-state index in [0.717, 1.165) is 44.5 Å². The first kappa shape index (κ1) is 31.6. The lowest BCUT2D eigenvalue weighted by molar-refractivity contribution is 1.23. The highest BCUT2D eigenvalue weighted by Crippen LogP contribution is 2.36. The van der Waals surface area contributed by atoms with Gasteiger partial charge in [-0.25, -0.2) is 9.97 Å². The van der Waals surface area contributed by atoms with Crippen LogP contribution in [-0.2, 0) is 0 Å². The number of fused-ring (bicyclic) bond motifs is 4. The van der Waals surface area contributed by atoms with Crippen LogP contribution in [0.2, 0.25) is 0 Å². The van der Waals surface area contributed by atoms with Gasteiger partial charge in [0, 0.05) is 16.5 Å². The molecule has 10 rings (SSSR count). The van der Waals surface area contributed by atoms with Gasteiger partial charge in [-0.1, -0.05) is 182 Å². The van der Waals surface area contributed by atoms with Crippen LogP contribution in [0.3, 0.4) is 0 Å². The molecule has 0 saturated carbocycles. The quantitative estimate of drug-likeness (QED) is 0.163. The Labute approximate surface area is 314 Å². The lowest BCUT2D eigenvalue weighted by Crippen LogP contribution is -1.96. The number of rotatable bonds is 6. The minimum absolute atomic E-state index is 0.719. The van der Waals surface area contributed by atoms with Crippen LogP contribution >= 0.6 is 0 Å². The Balaban J connectivity index is 0.962. The van der Waals surface area contributed by atoms with E-state index in [1.807, 2.05) is 0 Å². The van der Waals surface area contributed by atoms with E-state index in [2.05, 4.69) is 206 Å². The van der Waals surface area contributed by atoms with Gasteiger partial charge in [0.25, 0.3) is 0 Å². The van der Waals surface area contributed by atoms with Crippen LogP contribution in [0.15, 0.2) is 206 Å². The molecular formula is C52H34N2. The highest BCUT2D eigenvalue weighted by molar-refractivity contribution is 6.13. The first-order chi connectivity index (χ1) is 26.7. The van der Waals surface area contributed by atoms with Crippen molar-refractivity contribution in [1.82, 2.24) is 9.97 Å². The predicted octanol–water partition coefficient (Wildman–Crippen LogP) is 13.9. The van der Waals surface area contributed by atoms with Crippen molar-refractivity contribution in [2.75, 3.05) is 0 Å². The highest BCUT2D eigenvalue weighted by Gasteiger charge is 2.15. The molecule has 0 fully saturated rings. The van der Waals surface area contributed by atoms with Gasteiger partial charge < -0.3 is 0 Å². The lowest BCUT2D eigenvalue weighted by Gasteiger charge is -2.13. The third kappa shape index (κ3) is 5.90.